The van der Waals surface area contributed by atoms with Crippen molar-refractivity contribution in [2.45, 2.75) is 12.6 Å². The van der Waals surface area contributed by atoms with Crippen molar-refractivity contribution >= 4 is 5.97 Å². The van der Waals surface area contributed by atoms with Gasteiger partial charge in [-0.3, -0.25) is 9.69 Å². The molecule has 0 fully saturated rings. The van der Waals surface area contributed by atoms with E-state index in [-0.39, 0.29) is 6.61 Å². The maximum Gasteiger partial charge on any atom is 0.325 e. The van der Waals surface area contributed by atoms with Crippen molar-refractivity contribution in [1.29, 1.82) is 0 Å². The molecule has 1 aromatic rings. The molecule has 0 aliphatic heterocycles. The number of nitrogens with zero attached hydrogens (tertiary/aromatic N) is 1. The van der Waals surface area contributed by atoms with Crippen LogP contribution in [0.1, 0.15) is 17.2 Å². The number of carboxylic acids is 1. The third kappa shape index (κ3) is 3.80. The third-order valence-electron chi connectivity index (χ3n) is 2.80. The number of aliphatic carboxylic acids is 1. The van der Waals surface area contributed by atoms with Crippen LogP contribution in [0.3, 0.4) is 0 Å². The van der Waals surface area contributed by atoms with Crippen LogP contribution in [0.15, 0.2) is 24.3 Å². The zero-order valence-corrected chi connectivity index (χ0v) is 10.7. The Bertz CT molecular complexity index is 377. The molecule has 0 aliphatic carbocycles. The van der Waals surface area contributed by atoms with Crippen LogP contribution in [-0.4, -0.2) is 48.4 Å². The summed E-state index contributed by atoms with van der Waals surface area (Å²) in [5.74, 6) is -0.898. The van der Waals surface area contributed by atoms with Gasteiger partial charge in [-0.2, -0.15) is 0 Å². The molecule has 5 heteroatoms. The zero-order valence-electron chi connectivity index (χ0n) is 10.7. The van der Waals surface area contributed by atoms with Gasteiger partial charge >= 0.3 is 5.97 Å². The van der Waals surface area contributed by atoms with Gasteiger partial charge in [-0.05, 0) is 18.2 Å². The molecule has 0 radical (unpaired) electrons. The quantitative estimate of drug-likeness (QED) is 0.755. The molecule has 18 heavy (non-hydrogen) atoms. The lowest BCUT2D eigenvalue weighted by molar-refractivity contribution is -0.143. The molecule has 0 saturated heterocycles. The van der Waals surface area contributed by atoms with E-state index in [4.69, 9.17) is 9.84 Å². The Morgan fingerprint density at radius 2 is 2.00 bits per heavy atom. The molecule has 1 aromatic carbocycles. The molecule has 0 bridgehead atoms. The Balaban J connectivity index is 2.86. The highest BCUT2D eigenvalue weighted by atomic mass is 16.5. The number of aliphatic hydroxyl groups is 1. The number of rotatable bonds is 7. The predicted octanol–water partition coefficient (Wildman–Crippen LogP) is 0.883. The largest absolute Gasteiger partial charge is 0.480 e. The molecule has 100 valence electrons. The van der Waals surface area contributed by atoms with Gasteiger partial charge in [0.2, 0.25) is 0 Å². The molecule has 1 atom stereocenters. The second kappa shape index (κ2) is 7.10. The van der Waals surface area contributed by atoms with Crippen molar-refractivity contribution in [3.05, 3.63) is 35.4 Å². The summed E-state index contributed by atoms with van der Waals surface area (Å²) in [4.78, 5) is 13.0. The van der Waals surface area contributed by atoms with Crippen molar-refractivity contribution < 1.29 is 19.7 Å². The summed E-state index contributed by atoms with van der Waals surface area (Å²) in [5.41, 5.74) is 1.46. The van der Waals surface area contributed by atoms with Gasteiger partial charge in [0.25, 0.3) is 0 Å². The lowest BCUT2D eigenvalue weighted by atomic mass is 10.0. The molecular formula is C13H19NO4. The maximum atomic E-state index is 11.3. The van der Waals surface area contributed by atoms with Crippen molar-refractivity contribution in [3.8, 4) is 0 Å². The molecule has 1 unspecified atom stereocenters. The van der Waals surface area contributed by atoms with Crippen LogP contribution in [0.4, 0.5) is 0 Å². The number of hydrogen-bond acceptors (Lipinski definition) is 4. The predicted molar refractivity (Wildman–Crippen MR) is 67.2 cm³/mol. The van der Waals surface area contributed by atoms with Crippen LogP contribution in [0, 0.1) is 0 Å². The highest BCUT2D eigenvalue weighted by molar-refractivity contribution is 5.75. The first-order valence-electron chi connectivity index (χ1n) is 5.71. The fourth-order valence-electron chi connectivity index (χ4n) is 1.76. The molecule has 2 N–H and O–H groups in total. The van der Waals surface area contributed by atoms with E-state index in [1.54, 1.807) is 43.3 Å². The smallest absolute Gasteiger partial charge is 0.325 e. The van der Waals surface area contributed by atoms with E-state index < -0.39 is 12.0 Å². The van der Waals surface area contributed by atoms with Crippen LogP contribution < -0.4 is 0 Å². The van der Waals surface area contributed by atoms with Crippen LogP contribution >= 0.6 is 0 Å². The maximum absolute atomic E-state index is 11.3. The first-order chi connectivity index (χ1) is 8.60. The highest BCUT2D eigenvalue weighted by Gasteiger charge is 2.24. The van der Waals surface area contributed by atoms with E-state index in [9.17, 15) is 9.90 Å². The van der Waals surface area contributed by atoms with E-state index in [1.807, 2.05) is 0 Å². The Hall–Kier alpha value is -1.43. The Kier molecular flexibility index (Phi) is 5.77. The normalized spacial score (nSPS) is 12.7. The number of ether oxygens (including phenoxy) is 1. The molecule has 1 rings (SSSR count). The van der Waals surface area contributed by atoms with Gasteiger partial charge in [0.15, 0.2) is 0 Å². The van der Waals surface area contributed by atoms with Crippen LogP contribution in [0.2, 0.25) is 0 Å². The number of aliphatic hydroxyl groups excluding tert-OH is 1. The summed E-state index contributed by atoms with van der Waals surface area (Å²) in [6.07, 6.45) is 0. The number of likely N-dealkylation sites (N-methyl/N-ethyl adjacent to an activating group) is 1. The van der Waals surface area contributed by atoms with Gasteiger partial charge in [-0.25, -0.2) is 0 Å². The van der Waals surface area contributed by atoms with Crippen molar-refractivity contribution in [2.75, 3.05) is 27.3 Å². The van der Waals surface area contributed by atoms with E-state index >= 15 is 0 Å². The van der Waals surface area contributed by atoms with Crippen LogP contribution in [0.5, 0.6) is 0 Å². The van der Waals surface area contributed by atoms with E-state index in [2.05, 4.69) is 0 Å². The van der Waals surface area contributed by atoms with Crippen molar-refractivity contribution in [3.63, 3.8) is 0 Å². The molecular weight excluding hydrogens is 234 g/mol. The van der Waals surface area contributed by atoms with E-state index in [1.165, 1.54) is 0 Å². The topological polar surface area (TPSA) is 70.0 Å². The van der Waals surface area contributed by atoms with Gasteiger partial charge in [-0.1, -0.05) is 24.3 Å². The van der Waals surface area contributed by atoms with Crippen LogP contribution in [0.25, 0.3) is 0 Å². The standard InChI is InChI=1S/C13H19NO4/c1-14(7-8-18-2)12(13(16)17)11-5-3-10(9-15)4-6-11/h3-6,12,15H,7-9H2,1-2H3,(H,16,17). The van der Waals surface area contributed by atoms with Gasteiger partial charge < -0.3 is 14.9 Å². The molecule has 0 amide bonds. The zero-order chi connectivity index (χ0) is 13.5. The lowest BCUT2D eigenvalue weighted by Crippen LogP contribution is -2.33. The van der Waals surface area contributed by atoms with Crippen molar-refractivity contribution in [2.24, 2.45) is 0 Å². The molecule has 0 aromatic heterocycles. The fraction of sp³-hybridized carbons (Fsp3) is 0.462. The second-order valence-electron chi connectivity index (χ2n) is 4.11. The molecule has 0 aliphatic rings. The molecule has 0 spiro atoms. The average molecular weight is 253 g/mol. The van der Waals surface area contributed by atoms with Gasteiger partial charge in [-0.15, -0.1) is 0 Å². The molecule has 5 nitrogen and oxygen atoms in total. The number of carbonyl (C=O) groups is 1. The first-order valence-corrected chi connectivity index (χ1v) is 5.71. The number of methoxy groups -OCH3 is 1. The summed E-state index contributed by atoms with van der Waals surface area (Å²) in [7, 11) is 3.33. The van der Waals surface area contributed by atoms with E-state index in [0.717, 1.165) is 5.56 Å². The first kappa shape index (κ1) is 14.6. The minimum absolute atomic E-state index is 0.0441. The third-order valence-corrected chi connectivity index (χ3v) is 2.80. The highest BCUT2D eigenvalue weighted by Crippen LogP contribution is 2.20. The summed E-state index contributed by atoms with van der Waals surface area (Å²) < 4.78 is 4.95. The molecule has 0 heterocycles. The fourth-order valence-corrected chi connectivity index (χ4v) is 1.76. The monoisotopic (exact) mass is 253 g/mol. The number of hydrogen-bond donors (Lipinski definition) is 2. The summed E-state index contributed by atoms with van der Waals surface area (Å²) >= 11 is 0. The number of carboxylic acid groups (broad SMARTS) is 1. The number of benzene rings is 1. The Labute approximate surface area is 107 Å². The minimum atomic E-state index is -0.898. The summed E-state index contributed by atoms with van der Waals surface area (Å²) in [6.45, 7) is 0.974. The Morgan fingerprint density at radius 1 is 1.39 bits per heavy atom. The SMILES string of the molecule is COCCN(C)C(C(=O)O)c1ccc(CO)cc1. The molecule has 0 saturated carbocycles. The van der Waals surface area contributed by atoms with Gasteiger partial charge in [0.1, 0.15) is 6.04 Å². The Morgan fingerprint density at radius 3 is 2.44 bits per heavy atom. The average Bonchev–Trinajstić information content (AvgIpc) is 2.37. The summed E-state index contributed by atoms with van der Waals surface area (Å²) in [5, 5.41) is 18.2. The van der Waals surface area contributed by atoms with Crippen molar-refractivity contribution in [1.82, 2.24) is 4.90 Å². The van der Waals surface area contributed by atoms with Gasteiger partial charge in [0, 0.05) is 13.7 Å². The van der Waals surface area contributed by atoms with Gasteiger partial charge in [0.05, 0.1) is 13.2 Å². The summed E-state index contributed by atoms with van der Waals surface area (Å²) in [6, 6.07) is 6.22. The minimum Gasteiger partial charge on any atom is -0.480 e. The van der Waals surface area contributed by atoms with Crippen LogP contribution in [-0.2, 0) is 16.1 Å². The second-order valence-corrected chi connectivity index (χ2v) is 4.11. The van der Waals surface area contributed by atoms with E-state index in [0.29, 0.717) is 18.7 Å². The lowest BCUT2D eigenvalue weighted by Gasteiger charge is -2.24.